The second-order valence-electron chi connectivity index (χ2n) is 1.84. The number of carbonyl (C=O) groups is 1. The Kier molecular flexibility index (Phi) is 4.47. The van der Waals surface area contributed by atoms with Crippen molar-refractivity contribution < 1.29 is 14.4 Å². The molecule has 1 rings (SSSR count). The lowest BCUT2D eigenvalue weighted by Gasteiger charge is -1.84. The van der Waals surface area contributed by atoms with Crippen LogP contribution in [0.25, 0.3) is 0 Å². The molecule has 13 heavy (non-hydrogen) atoms. The molecule has 6 heteroatoms. The first-order valence-corrected chi connectivity index (χ1v) is 4.42. The summed E-state index contributed by atoms with van der Waals surface area (Å²) in [4.78, 5) is 21.2. The predicted octanol–water partition coefficient (Wildman–Crippen LogP) is 1.47. The van der Waals surface area contributed by atoms with E-state index in [2.05, 4.69) is 20.5 Å². The number of carboxylic acids is 1. The van der Waals surface area contributed by atoms with E-state index in [0.29, 0.717) is 0 Å². The van der Waals surface area contributed by atoms with Gasteiger partial charge < -0.3 is 9.63 Å². The molecule has 0 aliphatic heterocycles. The second kappa shape index (κ2) is 4.86. The van der Waals surface area contributed by atoms with Crippen molar-refractivity contribution in [3.05, 3.63) is 20.6 Å². The Morgan fingerprint density at radius 3 is 2.15 bits per heavy atom. The van der Waals surface area contributed by atoms with Crippen molar-refractivity contribution in [3.63, 3.8) is 0 Å². The topological polar surface area (TPSA) is 72.4 Å². The SMILES string of the molecule is CC.Cn1oc(C(=O)O)c(Br)c1=O. The largest absolute Gasteiger partial charge is 0.475 e. The summed E-state index contributed by atoms with van der Waals surface area (Å²) in [7, 11) is 1.33. The summed E-state index contributed by atoms with van der Waals surface area (Å²) in [5, 5.41) is 8.43. The van der Waals surface area contributed by atoms with Gasteiger partial charge >= 0.3 is 5.97 Å². The van der Waals surface area contributed by atoms with Crippen molar-refractivity contribution in [2.24, 2.45) is 7.05 Å². The van der Waals surface area contributed by atoms with Gasteiger partial charge in [0.1, 0.15) is 4.47 Å². The van der Waals surface area contributed by atoms with Crippen LogP contribution in [0.4, 0.5) is 0 Å². The molecule has 0 unspecified atom stereocenters. The highest BCUT2D eigenvalue weighted by molar-refractivity contribution is 9.10. The Hall–Kier alpha value is -1.04. The third-order valence-corrected chi connectivity index (χ3v) is 1.79. The molecule has 1 aromatic rings. The van der Waals surface area contributed by atoms with Gasteiger partial charge in [-0.25, -0.2) is 4.79 Å². The summed E-state index contributed by atoms with van der Waals surface area (Å²) in [6.45, 7) is 4.00. The van der Waals surface area contributed by atoms with E-state index in [4.69, 9.17) is 5.11 Å². The second-order valence-corrected chi connectivity index (χ2v) is 2.64. The number of hydrogen-bond acceptors (Lipinski definition) is 3. The zero-order valence-electron chi connectivity index (χ0n) is 7.50. The van der Waals surface area contributed by atoms with Crippen molar-refractivity contribution in [3.8, 4) is 0 Å². The van der Waals surface area contributed by atoms with Crippen LogP contribution in [-0.4, -0.2) is 15.8 Å². The van der Waals surface area contributed by atoms with Crippen LogP contribution in [0, 0.1) is 0 Å². The number of halogens is 1. The molecule has 0 saturated heterocycles. The van der Waals surface area contributed by atoms with Crippen molar-refractivity contribution in [1.29, 1.82) is 0 Å². The normalized spacial score (nSPS) is 8.92. The van der Waals surface area contributed by atoms with Crippen LogP contribution in [0.1, 0.15) is 24.4 Å². The van der Waals surface area contributed by atoms with E-state index in [1.165, 1.54) is 7.05 Å². The molecular weight excluding hydrogens is 242 g/mol. The fraction of sp³-hybridized carbons (Fsp3) is 0.429. The van der Waals surface area contributed by atoms with Crippen LogP contribution in [0.3, 0.4) is 0 Å². The van der Waals surface area contributed by atoms with Gasteiger partial charge in [0.05, 0.1) is 0 Å². The summed E-state index contributed by atoms with van der Waals surface area (Å²) < 4.78 is 5.34. The Morgan fingerprint density at radius 2 is 2.00 bits per heavy atom. The number of hydrogen-bond donors (Lipinski definition) is 1. The van der Waals surface area contributed by atoms with E-state index < -0.39 is 11.5 Å². The number of aromatic nitrogens is 1. The molecule has 0 atom stereocenters. The zero-order chi connectivity index (χ0) is 10.6. The van der Waals surface area contributed by atoms with Crippen molar-refractivity contribution in [2.45, 2.75) is 13.8 Å². The van der Waals surface area contributed by atoms with E-state index in [1.807, 2.05) is 13.8 Å². The summed E-state index contributed by atoms with van der Waals surface area (Å²) in [6, 6.07) is 0. The summed E-state index contributed by atoms with van der Waals surface area (Å²) in [5.74, 6) is -1.65. The summed E-state index contributed by atoms with van der Waals surface area (Å²) in [5.41, 5.74) is -0.498. The first-order valence-electron chi connectivity index (χ1n) is 3.63. The lowest BCUT2D eigenvalue weighted by Crippen LogP contribution is -2.09. The molecule has 1 heterocycles. The molecule has 0 spiro atoms. The Labute approximate surface area is 83.1 Å². The van der Waals surface area contributed by atoms with Crippen molar-refractivity contribution >= 4 is 21.9 Å². The predicted molar refractivity (Wildman–Crippen MR) is 50.0 cm³/mol. The Balaban J connectivity index is 0.000000671. The van der Waals surface area contributed by atoms with Crippen LogP contribution in [0.15, 0.2) is 13.8 Å². The Morgan fingerprint density at radius 1 is 1.54 bits per heavy atom. The molecule has 0 saturated carbocycles. The van der Waals surface area contributed by atoms with Crippen LogP contribution >= 0.6 is 15.9 Å². The minimum absolute atomic E-state index is 0.0625. The first kappa shape index (κ1) is 12.0. The number of rotatable bonds is 1. The minimum Gasteiger partial charge on any atom is -0.475 e. The van der Waals surface area contributed by atoms with E-state index in [1.54, 1.807) is 0 Å². The maximum Gasteiger partial charge on any atom is 0.375 e. The van der Waals surface area contributed by atoms with Gasteiger partial charge in [0.25, 0.3) is 11.3 Å². The van der Waals surface area contributed by atoms with Gasteiger partial charge in [0.2, 0.25) is 0 Å². The van der Waals surface area contributed by atoms with Gasteiger partial charge in [-0.1, -0.05) is 13.8 Å². The van der Waals surface area contributed by atoms with Crippen LogP contribution in [0.5, 0.6) is 0 Å². The number of aromatic carboxylic acids is 1. The van der Waals surface area contributed by atoms with Gasteiger partial charge in [-0.3, -0.25) is 4.79 Å². The van der Waals surface area contributed by atoms with Gasteiger partial charge in [-0.05, 0) is 15.9 Å². The van der Waals surface area contributed by atoms with Crippen molar-refractivity contribution in [1.82, 2.24) is 4.74 Å². The van der Waals surface area contributed by atoms with Crippen LogP contribution in [0.2, 0.25) is 0 Å². The first-order chi connectivity index (χ1) is 6.04. The minimum atomic E-state index is -1.27. The Bertz CT molecular complexity index is 352. The number of carboxylic acid groups (broad SMARTS) is 1. The van der Waals surface area contributed by atoms with E-state index in [0.717, 1.165) is 4.74 Å². The summed E-state index contributed by atoms with van der Waals surface area (Å²) in [6.07, 6.45) is 0. The fourth-order valence-electron chi connectivity index (χ4n) is 0.587. The smallest absolute Gasteiger partial charge is 0.375 e. The van der Waals surface area contributed by atoms with Gasteiger partial charge in [-0.2, -0.15) is 4.74 Å². The highest BCUT2D eigenvalue weighted by atomic mass is 79.9. The van der Waals surface area contributed by atoms with Gasteiger partial charge in [0, 0.05) is 7.05 Å². The molecule has 74 valence electrons. The highest BCUT2D eigenvalue weighted by Gasteiger charge is 2.18. The van der Waals surface area contributed by atoms with Gasteiger partial charge in [0.15, 0.2) is 0 Å². The van der Waals surface area contributed by atoms with E-state index in [9.17, 15) is 9.59 Å². The average Bonchev–Trinajstić information content (AvgIpc) is 2.36. The molecular formula is C7H10BrNO4. The maximum atomic E-state index is 10.9. The quantitative estimate of drug-likeness (QED) is 0.821. The molecule has 1 aromatic heterocycles. The molecule has 0 amide bonds. The lowest BCUT2D eigenvalue weighted by molar-refractivity contribution is 0.0637. The van der Waals surface area contributed by atoms with Gasteiger partial charge in [-0.15, -0.1) is 0 Å². The van der Waals surface area contributed by atoms with E-state index >= 15 is 0 Å². The highest BCUT2D eigenvalue weighted by Crippen LogP contribution is 2.11. The fourth-order valence-corrected chi connectivity index (χ4v) is 1.08. The average molecular weight is 252 g/mol. The number of aryl methyl sites for hydroxylation is 1. The monoisotopic (exact) mass is 251 g/mol. The number of nitrogens with zero attached hydrogens (tertiary/aromatic N) is 1. The van der Waals surface area contributed by atoms with Crippen LogP contribution < -0.4 is 5.56 Å². The standard InChI is InChI=1S/C5H4BrNO4.C2H6/c1-7-4(8)2(6)3(11-7)5(9)10;1-2/h1H3,(H,9,10);1-2H3. The molecule has 0 aliphatic rings. The third kappa shape index (κ3) is 2.45. The molecule has 0 aliphatic carbocycles. The molecule has 0 fully saturated rings. The molecule has 1 N–H and O–H groups in total. The lowest BCUT2D eigenvalue weighted by atomic mass is 10.5. The molecule has 0 aromatic carbocycles. The summed E-state index contributed by atoms with van der Waals surface area (Å²) >= 11 is 2.79. The molecule has 5 nitrogen and oxygen atoms in total. The van der Waals surface area contributed by atoms with Crippen molar-refractivity contribution in [2.75, 3.05) is 0 Å². The van der Waals surface area contributed by atoms with Crippen LogP contribution in [-0.2, 0) is 7.05 Å². The zero-order valence-corrected chi connectivity index (χ0v) is 9.08. The third-order valence-electron chi connectivity index (χ3n) is 1.10. The molecule has 0 bridgehead atoms. The van der Waals surface area contributed by atoms with E-state index in [-0.39, 0.29) is 10.2 Å². The molecule has 0 radical (unpaired) electrons. The maximum absolute atomic E-state index is 10.9.